The van der Waals surface area contributed by atoms with Crippen molar-refractivity contribution in [2.45, 2.75) is 0 Å². The summed E-state index contributed by atoms with van der Waals surface area (Å²) in [6.07, 6.45) is 8.08. The van der Waals surface area contributed by atoms with Crippen molar-refractivity contribution in [3.8, 4) is 34.5 Å². The zero-order chi connectivity index (χ0) is 24.5. The van der Waals surface area contributed by atoms with Crippen LogP contribution in [0.5, 0.6) is 34.5 Å². The van der Waals surface area contributed by atoms with Gasteiger partial charge < -0.3 is 28.4 Å². The second-order valence-electron chi connectivity index (χ2n) is 7.25. The van der Waals surface area contributed by atoms with Crippen molar-refractivity contribution >= 4 is 24.3 Å². The number of hydrogen-bond donors (Lipinski definition) is 0. The molecule has 0 atom stereocenters. The molecule has 0 aliphatic rings. The Hall–Kier alpha value is -4.06. The normalized spacial score (nSPS) is 11.0. The first kappa shape index (κ1) is 24.6. The molecule has 0 aliphatic heterocycles. The summed E-state index contributed by atoms with van der Waals surface area (Å²) in [5.74, 6) is 3.63. The Balaban J connectivity index is 1.77. The summed E-state index contributed by atoms with van der Waals surface area (Å²) < 4.78 is 32.5. The third kappa shape index (κ3) is 5.64. The summed E-state index contributed by atoms with van der Waals surface area (Å²) in [6.45, 7) is 0. The Morgan fingerprint density at radius 3 is 0.882 bits per heavy atom. The van der Waals surface area contributed by atoms with E-state index in [9.17, 15) is 0 Å². The predicted molar refractivity (Wildman–Crippen MR) is 136 cm³/mol. The topological polar surface area (TPSA) is 55.4 Å². The third-order valence-corrected chi connectivity index (χ3v) is 5.25. The molecule has 0 fully saturated rings. The molecule has 0 amide bonds. The first-order chi connectivity index (χ1) is 16.6. The Morgan fingerprint density at radius 2 is 0.647 bits per heavy atom. The van der Waals surface area contributed by atoms with E-state index < -0.39 is 0 Å². The van der Waals surface area contributed by atoms with E-state index in [-0.39, 0.29) is 0 Å². The van der Waals surface area contributed by atoms with Crippen LogP contribution in [0.2, 0.25) is 0 Å². The van der Waals surface area contributed by atoms with Gasteiger partial charge in [-0.15, -0.1) is 0 Å². The molecule has 0 aromatic heterocycles. The van der Waals surface area contributed by atoms with Crippen LogP contribution in [0.15, 0.2) is 48.5 Å². The van der Waals surface area contributed by atoms with E-state index in [1.165, 1.54) is 0 Å². The number of rotatable bonds is 10. The molecule has 178 valence electrons. The van der Waals surface area contributed by atoms with E-state index in [1.807, 2.05) is 48.6 Å². The Labute approximate surface area is 200 Å². The van der Waals surface area contributed by atoms with Crippen molar-refractivity contribution in [1.82, 2.24) is 0 Å². The van der Waals surface area contributed by atoms with Gasteiger partial charge in [-0.2, -0.15) is 0 Å². The quantitative estimate of drug-likeness (QED) is 0.341. The van der Waals surface area contributed by atoms with Crippen molar-refractivity contribution in [3.63, 3.8) is 0 Å². The molecule has 3 aromatic carbocycles. The minimum absolute atomic E-state index is 0.574. The summed E-state index contributed by atoms with van der Waals surface area (Å²) in [4.78, 5) is 0. The highest BCUT2D eigenvalue weighted by Gasteiger charge is 2.13. The molecule has 0 bridgehead atoms. The third-order valence-electron chi connectivity index (χ3n) is 5.25. The lowest BCUT2D eigenvalue weighted by Crippen LogP contribution is -1.95. The first-order valence-corrected chi connectivity index (χ1v) is 10.6. The molecule has 0 radical (unpaired) electrons. The zero-order valence-corrected chi connectivity index (χ0v) is 20.4. The number of benzene rings is 3. The van der Waals surface area contributed by atoms with Gasteiger partial charge in [0.1, 0.15) is 0 Å². The van der Waals surface area contributed by atoms with E-state index in [2.05, 4.69) is 24.3 Å². The molecule has 0 aliphatic carbocycles. The maximum atomic E-state index is 5.42. The molecule has 0 saturated carbocycles. The average molecular weight is 463 g/mol. The van der Waals surface area contributed by atoms with Crippen molar-refractivity contribution in [1.29, 1.82) is 0 Å². The Kier molecular flexibility index (Phi) is 8.46. The molecule has 6 nitrogen and oxygen atoms in total. The second-order valence-corrected chi connectivity index (χ2v) is 7.25. The van der Waals surface area contributed by atoms with Crippen molar-refractivity contribution in [2.24, 2.45) is 0 Å². The molecular formula is C28H30O6. The maximum absolute atomic E-state index is 5.42. The van der Waals surface area contributed by atoms with E-state index in [4.69, 9.17) is 28.4 Å². The summed E-state index contributed by atoms with van der Waals surface area (Å²) in [5.41, 5.74) is 4.03. The van der Waals surface area contributed by atoms with Gasteiger partial charge in [-0.25, -0.2) is 0 Å². The second kappa shape index (κ2) is 11.7. The van der Waals surface area contributed by atoms with Crippen LogP contribution in [0.4, 0.5) is 0 Å². The fourth-order valence-electron chi connectivity index (χ4n) is 3.50. The highest BCUT2D eigenvalue weighted by Crippen LogP contribution is 2.39. The van der Waals surface area contributed by atoms with Crippen LogP contribution in [0.1, 0.15) is 22.3 Å². The summed E-state index contributed by atoms with van der Waals surface area (Å²) in [6, 6.07) is 15.9. The van der Waals surface area contributed by atoms with E-state index in [1.54, 1.807) is 42.7 Å². The van der Waals surface area contributed by atoms with Crippen LogP contribution in [-0.2, 0) is 0 Å². The number of ether oxygens (including phenoxy) is 6. The van der Waals surface area contributed by atoms with Crippen molar-refractivity contribution in [3.05, 3.63) is 70.8 Å². The van der Waals surface area contributed by atoms with Crippen molar-refractivity contribution < 1.29 is 28.4 Å². The van der Waals surface area contributed by atoms with Gasteiger partial charge >= 0.3 is 0 Å². The predicted octanol–water partition coefficient (Wildman–Crippen LogP) is 6.08. The van der Waals surface area contributed by atoms with Crippen LogP contribution < -0.4 is 28.4 Å². The molecule has 3 aromatic rings. The smallest absolute Gasteiger partial charge is 0.203 e. The Morgan fingerprint density at radius 1 is 0.382 bits per heavy atom. The lowest BCUT2D eigenvalue weighted by atomic mass is 10.1. The fraction of sp³-hybridized carbons (Fsp3) is 0.214. The lowest BCUT2D eigenvalue weighted by molar-refractivity contribution is 0.324. The summed E-state index contributed by atoms with van der Waals surface area (Å²) >= 11 is 0. The van der Waals surface area contributed by atoms with Gasteiger partial charge in [0.15, 0.2) is 23.0 Å². The molecular weight excluding hydrogens is 432 g/mol. The number of hydrogen-bond acceptors (Lipinski definition) is 6. The molecule has 0 spiro atoms. The van der Waals surface area contributed by atoms with E-state index in [0.717, 1.165) is 22.3 Å². The summed E-state index contributed by atoms with van der Waals surface area (Å²) in [5, 5.41) is 0. The molecule has 34 heavy (non-hydrogen) atoms. The van der Waals surface area contributed by atoms with Gasteiger partial charge in [0.2, 0.25) is 11.5 Å². The minimum atomic E-state index is 0.574. The molecule has 3 rings (SSSR count). The standard InChI is InChI=1S/C28H30O6/c1-29-23-15-21(16-24(30-2)27(23)33-5)13-11-19-7-9-20(10-8-19)12-14-22-17-25(31-3)28(34-6)26(18-22)32-4/h7-18H,1-6H3/b13-11-,14-12-. The van der Waals surface area contributed by atoms with Crippen molar-refractivity contribution in [2.75, 3.05) is 42.7 Å². The van der Waals surface area contributed by atoms with Crippen LogP contribution in [0, 0.1) is 0 Å². The van der Waals surface area contributed by atoms with Gasteiger partial charge in [-0.05, 0) is 46.5 Å². The minimum Gasteiger partial charge on any atom is -0.493 e. The number of methoxy groups -OCH3 is 6. The first-order valence-electron chi connectivity index (χ1n) is 10.6. The zero-order valence-electron chi connectivity index (χ0n) is 20.4. The van der Waals surface area contributed by atoms with Gasteiger partial charge in [-0.3, -0.25) is 0 Å². The van der Waals surface area contributed by atoms with Crippen LogP contribution in [0.25, 0.3) is 24.3 Å². The van der Waals surface area contributed by atoms with Crippen LogP contribution in [0.3, 0.4) is 0 Å². The highest BCUT2D eigenvalue weighted by atomic mass is 16.5. The van der Waals surface area contributed by atoms with Gasteiger partial charge in [-0.1, -0.05) is 48.6 Å². The molecule has 0 saturated heterocycles. The van der Waals surface area contributed by atoms with E-state index in [0.29, 0.717) is 34.5 Å². The van der Waals surface area contributed by atoms with Gasteiger partial charge in [0.05, 0.1) is 42.7 Å². The van der Waals surface area contributed by atoms with Crippen LogP contribution in [-0.4, -0.2) is 42.7 Å². The van der Waals surface area contributed by atoms with Crippen LogP contribution >= 0.6 is 0 Å². The lowest BCUT2D eigenvalue weighted by Gasteiger charge is -2.12. The monoisotopic (exact) mass is 462 g/mol. The average Bonchev–Trinajstić information content (AvgIpc) is 2.89. The molecule has 0 unspecified atom stereocenters. The summed E-state index contributed by atoms with van der Waals surface area (Å²) in [7, 11) is 9.61. The Bertz CT molecular complexity index is 1020. The molecule has 0 heterocycles. The molecule has 6 heteroatoms. The fourth-order valence-corrected chi connectivity index (χ4v) is 3.50. The highest BCUT2D eigenvalue weighted by molar-refractivity contribution is 5.75. The van der Waals surface area contributed by atoms with Gasteiger partial charge in [0, 0.05) is 0 Å². The molecule has 0 N–H and O–H groups in total. The van der Waals surface area contributed by atoms with E-state index >= 15 is 0 Å². The van der Waals surface area contributed by atoms with Gasteiger partial charge in [0.25, 0.3) is 0 Å². The SMILES string of the molecule is COc1cc(/C=C\c2ccc(/C=C\c3cc(OC)c(OC)c(OC)c3)cc2)cc(OC)c1OC. The maximum Gasteiger partial charge on any atom is 0.203 e. The largest absolute Gasteiger partial charge is 0.493 e.